The lowest BCUT2D eigenvalue weighted by Crippen LogP contribution is -2.13. The Morgan fingerprint density at radius 1 is 0.964 bits per heavy atom. The molecule has 0 aliphatic rings. The first kappa shape index (κ1) is 23.4. The number of methoxy groups -OCH3 is 3. The summed E-state index contributed by atoms with van der Waals surface area (Å²) in [5, 5.41) is 2.87. The number of hydrogen-bond donors (Lipinski definition) is 2. The van der Waals surface area contributed by atoms with E-state index in [9.17, 15) is 4.79 Å². The van der Waals surface area contributed by atoms with E-state index in [-0.39, 0.29) is 18.3 Å². The lowest BCUT2D eigenvalue weighted by molar-refractivity contribution is -0.116. The van der Waals surface area contributed by atoms with Crippen LogP contribution in [0.3, 0.4) is 0 Å². The summed E-state index contributed by atoms with van der Waals surface area (Å²) >= 11 is 0. The zero-order valence-corrected chi connectivity index (χ0v) is 17.1. The predicted octanol–water partition coefficient (Wildman–Crippen LogP) is 3.04. The number of rotatable bonds is 10. The Labute approximate surface area is 171 Å². The normalized spacial score (nSPS) is 9.86. The Bertz CT molecular complexity index is 753. The zero-order valence-electron chi connectivity index (χ0n) is 16.3. The maximum atomic E-state index is 12.3. The summed E-state index contributed by atoms with van der Waals surface area (Å²) in [6, 6.07) is 10.8. The minimum atomic E-state index is -0.0949. The third kappa shape index (κ3) is 6.21. The van der Waals surface area contributed by atoms with E-state index in [1.807, 2.05) is 6.07 Å². The fourth-order valence-electron chi connectivity index (χ4n) is 2.64. The number of nitrogens with one attached hydrogen (secondary N) is 1. The zero-order chi connectivity index (χ0) is 19.6. The predicted molar refractivity (Wildman–Crippen MR) is 111 cm³/mol. The van der Waals surface area contributed by atoms with E-state index in [0.717, 1.165) is 5.56 Å². The smallest absolute Gasteiger partial charge is 0.224 e. The number of anilines is 1. The van der Waals surface area contributed by atoms with Gasteiger partial charge in [0.1, 0.15) is 12.4 Å². The van der Waals surface area contributed by atoms with Gasteiger partial charge in [0.2, 0.25) is 11.7 Å². The number of benzene rings is 2. The maximum Gasteiger partial charge on any atom is 0.224 e. The highest BCUT2D eigenvalue weighted by Crippen LogP contribution is 2.40. The Hall–Kier alpha value is -2.64. The molecule has 3 N–H and O–H groups in total. The molecular weight excluding hydrogens is 384 g/mol. The molecule has 0 saturated carbocycles. The molecule has 2 rings (SSSR count). The topological polar surface area (TPSA) is 92.0 Å². The van der Waals surface area contributed by atoms with Gasteiger partial charge in [0, 0.05) is 18.7 Å². The van der Waals surface area contributed by atoms with Gasteiger partial charge in [0.25, 0.3) is 0 Å². The number of hydrogen-bond acceptors (Lipinski definition) is 6. The molecule has 0 aliphatic heterocycles. The van der Waals surface area contributed by atoms with Crippen molar-refractivity contribution < 1.29 is 23.7 Å². The van der Waals surface area contributed by atoms with E-state index >= 15 is 0 Å². The molecule has 0 unspecified atom stereocenters. The van der Waals surface area contributed by atoms with E-state index in [1.54, 1.807) is 51.7 Å². The number of ether oxygens (including phenoxy) is 4. The summed E-state index contributed by atoms with van der Waals surface area (Å²) in [5.74, 6) is 2.30. The fourth-order valence-corrected chi connectivity index (χ4v) is 2.64. The second-order valence-corrected chi connectivity index (χ2v) is 5.70. The molecule has 0 saturated heterocycles. The molecule has 0 fully saturated rings. The molecule has 28 heavy (non-hydrogen) atoms. The number of carbonyl (C=O) groups is 1. The Morgan fingerprint density at radius 2 is 1.64 bits per heavy atom. The van der Waals surface area contributed by atoms with Crippen LogP contribution in [0, 0.1) is 0 Å². The largest absolute Gasteiger partial charge is 0.493 e. The summed E-state index contributed by atoms with van der Waals surface area (Å²) < 4.78 is 21.5. The molecule has 8 heteroatoms. The summed E-state index contributed by atoms with van der Waals surface area (Å²) in [6.45, 7) is 0.914. The molecule has 0 spiro atoms. The van der Waals surface area contributed by atoms with Crippen LogP contribution >= 0.6 is 12.4 Å². The van der Waals surface area contributed by atoms with Crippen molar-refractivity contribution in [1.29, 1.82) is 0 Å². The van der Waals surface area contributed by atoms with Gasteiger partial charge in [-0.1, -0.05) is 6.07 Å². The van der Waals surface area contributed by atoms with Crippen LogP contribution in [-0.4, -0.2) is 40.4 Å². The summed E-state index contributed by atoms with van der Waals surface area (Å²) in [6.07, 6.45) is 0.810. The Morgan fingerprint density at radius 3 is 2.21 bits per heavy atom. The maximum absolute atomic E-state index is 12.3. The second kappa shape index (κ2) is 11.9. The first-order valence-electron chi connectivity index (χ1n) is 8.63. The summed E-state index contributed by atoms with van der Waals surface area (Å²) in [5.41, 5.74) is 6.98. The molecule has 0 aliphatic carbocycles. The van der Waals surface area contributed by atoms with Gasteiger partial charge in [0.15, 0.2) is 11.5 Å². The first-order chi connectivity index (χ1) is 13.1. The second-order valence-electron chi connectivity index (χ2n) is 5.70. The van der Waals surface area contributed by atoms with Gasteiger partial charge >= 0.3 is 0 Å². The number of aryl methyl sites for hydroxylation is 1. The molecule has 0 heterocycles. The van der Waals surface area contributed by atoms with Crippen LogP contribution in [0.4, 0.5) is 5.69 Å². The standard InChI is InChI=1S/C20H26N2O5.ClH/c1-24-17-10-4-14(19(25-2)20(17)26-3)5-11-18(23)22-15-6-8-16(9-7-15)27-13-12-21;/h4,6-10H,5,11-13,21H2,1-3H3,(H,22,23);1H. The molecule has 154 valence electrons. The van der Waals surface area contributed by atoms with Crippen LogP contribution < -0.4 is 30.0 Å². The van der Waals surface area contributed by atoms with Crippen LogP contribution in [-0.2, 0) is 11.2 Å². The van der Waals surface area contributed by atoms with Gasteiger partial charge in [-0.25, -0.2) is 0 Å². The fraction of sp³-hybridized carbons (Fsp3) is 0.350. The molecule has 0 radical (unpaired) electrons. The van der Waals surface area contributed by atoms with E-state index in [0.29, 0.717) is 54.7 Å². The highest BCUT2D eigenvalue weighted by atomic mass is 35.5. The van der Waals surface area contributed by atoms with Gasteiger partial charge < -0.3 is 30.0 Å². The minimum absolute atomic E-state index is 0. The van der Waals surface area contributed by atoms with Crippen molar-refractivity contribution in [3.8, 4) is 23.0 Å². The monoisotopic (exact) mass is 410 g/mol. The quantitative estimate of drug-likeness (QED) is 0.625. The molecule has 7 nitrogen and oxygen atoms in total. The molecule has 0 atom stereocenters. The van der Waals surface area contributed by atoms with Crippen molar-refractivity contribution in [2.75, 3.05) is 39.8 Å². The van der Waals surface area contributed by atoms with Gasteiger partial charge in [-0.2, -0.15) is 0 Å². The van der Waals surface area contributed by atoms with Gasteiger partial charge in [-0.05, 0) is 42.3 Å². The van der Waals surface area contributed by atoms with Gasteiger partial charge in [-0.3, -0.25) is 4.79 Å². The first-order valence-corrected chi connectivity index (χ1v) is 8.63. The number of amides is 1. The van der Waals surface area contributed by atoms with E-state index in [4.69, 9.17) is 24.7 Å². The molecule has 1 amide bonds. The van der Waals surface area contributed by atoms with Crippen LogP contribution in [0.5, 0.6) is 23.0 Å². The van der Waals surface area contributed by atoms with E-state index in [1.165, 1.54) is 0 Å². The average Bonchev–Trinajstić information content (AvgIpc) is 2.70. The highest BCUT2D eigenvalue weighted by molar-refractivity contribution is 5.91. The van der Waals surface area contributed by atoms with Crippen molar-refractivity contribution >= 4 is 24.0 Å². The van der Waals surface area contributed by atoms with Crippen LogP contribution in [0.25, 0.3) is 0 Å². The van der Waals surface area contributed by atoms with Crippen molar-refractivity contribution in [3.63, 3.8) is 0 Å². The van der Waals surface area contributed by atoms with Crippen molar-refractivity contribution in [3.05, 3.63) is 42.0 Å². The van der Waals surface area contributed by atoms with Crippen LogP contribution in [0.15, 0.2) is 36.4 Å². The van der Waals surface area contributed by atoms with Gasteiger partial charge in [0.05, 0.1) is 21.3 Å². The van der Waals surface area contributed by atoms with Crippen molar-refractivity contribution in [2.24, 2.45) is 5.73 Å². The minimum Gasteiger partial charge on any atom is -0.493 e. The molecule has 0 bridgehead atoms. The van der Waals surface area contributed by atoms with E-state index in [2.05, 4.69) is 5.32 Å². The van der Waals surface area contributed by atoms with Crippen LogP contribution in [0.1, 0.15) is 12.0 Å². The highest BCUT2D eigenvalue weighted by Gasteiger charge is 2.16. The third-order valence-electron chi connectivity index (χ3n) is 3.93. The molecule has 0 aromatic heterocycles. The Kier molecular flexibility index (Phi) is 9.98. The van der Waals surface area contributed by atoms with E-state index < -0.39 is 0 Å². The number of nitrogens with two attached hydrogens (primary N) is 1. The Balaban J connectivity index is 0.00000392. The lowest BCUT2D eigenvalue weighted by Gasteiger charge is -2.15. The average molecular weight is 411 g/mol. The number of halogens is 1. The van der Waals surface area contributed by atoms with Gasteiger partial charge in [-0.15, -0.1) is 12.4 Å². The lowest BCUT2D eigenvalue weighted by atomic mass is 10.1. The SMILES string of the molecule is COc1ccc(CCC(=O)Nc2ccc(OCCN)cc2)c(OC)c1OC.Cl. The molecular formula is C20H27ClN2O5. The van der Waals surface area contributed by atoms with Crippen molar-refractivity contribution in [2.45, 2.75) is 12.8 Å². The van der Waals surface area contributed by atoms with Crippen molar-refractivity contribution in [1.82, 2.24) is 0 Å². The third-order valence-corrected chi connectivity index (χ3v) is 3.93. The summed E-state index contributed by atoms with van der Waals surface area (Å²) in [4.78, 5) is 12.3. The molecule has 2 aromatic carbocycles. The summed E-state index contributed by atoms with van der Waals surface area (Å²) in [7, 11) is 4.68. The van der Waals surface area contributed by atoms with Crippen LogP contribution in [0.2, 0.25) is 0 Å². The number of carbonyl (C=O) groups excluding carboxylic acids is 1. The molecule has 2 aromatic rings.